The molecule has 2 atom stereocenters. The van der Waals surface area contributed by atoms with Gasteiger partial charge in [-0.05, 0) is 32.1 Å². The minimum absolute atomic E-state index is 0.0490. The highest BCUT2D eigenvalue weighted by Crippen LogP contribution is 2.14. The molecule has 2 heteroatoms. The van der Waals surface area contributed by atoms with Crippen LogP contribution < -0.4 is 0 Å². The fraction of sp³-hybridized carbons (Fsp3) is 0.889. The van der Waals surface area contributed by atoms with Crippen molar-refractivity contribution in [3.05, 3.63) is 6.92 Å². The summed E-state index contributed by atoms with van der Waals surface area (Å²) in [7, 11) is 0. The average Bonchev–Trinajstić information content (AvgIpc) is 2.03. The van der Waals surface area contributed by atoms with E-state index in [4.69, 9.17) is 9.47 Å². The molecular formula is C9H17O2. The SMILES string of the molecule is [CH2]C(C)COC1CCCCO1. The minimum atomic E-state index is 0.0490. The van der Waals surface area contributed by atoms with Crippen LogP contribution in [0.15, 0.2) is 0 Å². The molecule has 2 nitrogen and oxygen atoms in total. The van der Waals surface area contributed by atoms with Crippen molar-refractivity contribution in [2.45, 2.75) is 32.5 Å². The first-order chi connectivity index (χ1) is 5.29. The Hall–Kier alpha value is -0.0800. The highest BCUT2D eigenvalue weighted by atomic mass is 16.7. The lowest BCUT2D eigenvalue weighted by Crippen LogP contribution is -2.23. The molecule has 65 valence electrons. The molecule has 0 bridgehead atoms. The van der Waals surface area contributed by atoms with Crippen LogP contribution in [0.3, 0.4) is 0 Å². The second-order valence-corrected chi connectivity index (χ2v) is 3.23. The van der Waals surface area contributed by atoms with Crippen LogP contribution in [0, 0.1) is 12.8 Å². The summed E-state index contributed by atoms with van der Waals surface area (Å²) in [6.45, 7) is 7.46. The van der Waals surface area contributed by atoms with Crippen molar-refractivity contribution in [1.82, 2.24) is 0 Å². The minimum Gasteiger partial charge on any atom is -0.353 e. The molecule has 1 radical (unpaired) electrons. The van der Waals surface area contributed by atoms with E-state index in [0.717, 1.165) is 13.0 Å². The molecule has 1 saturated heterocycles. The second-order valence-electron chi connectivity index (χ2n) is 3.23. The molecule has 0 saturated carbocycles. The molecule has 2 unspecified atom stereocenters. The van der Waals surface area contributed by atoms with Gasteiger partial charge in [0.1, 0.15) is 0 Å². The van der Waals surface area contributed by atoms with E-state index in [2.05, 4.69) is 6.92 Å². The highest BCUT2D eigenvalue weighted by molar-refractivity contribution is 4.56. The van der Waals surface area contributed by atoms with Crippen LogP contribution in [0.4, 0.5) is 0 Å². The van der Waals surface area contributed by atoms with Crippen molar-refractivity contribution >= 4 is 0 Å². The maximum absolute atomic E-state index is 5.46. The van der Waals surface area contributed by atoms with Gasteiger partial charge in [-0.15, -0.1) is 0 Å². The Balaban J connectivity index is 2.05. The zero-order valence-electron chi connectivity index (χ0n) is 7.21. The van der Waals surface area contributed by atoms with Crippen molar-refractivity contribution in [1.29, 1.82) is 0 Å². The second kappa shape index (κ2) is 4.73. The molecule has 1 aliphatic heterocycles. The van der Waals surface area contributed by atoms with Gasteiger partial charge in [-0.25, -0.2) is 0 Å². The van der Waals surface area contributed by atoms with Crippen LogP contribution in [-0.4, -0.2) is 19.5 Å². The van der Waals surface area contributed by atoms with E-state index in [0.29, 0.717) is 12.5 Å². The largest absolute Gasteiger partial charge is 0.353 e. The van der Waals surface area contributed by atoms with Crippen molar-refractivity contribution < 1.29 is 9.47 Å². The summed E-state index contributed by atoms with van der Waals surface area (Å²) in [5.41, 5.74) is 0. The maximum Gasteiger partial charge on any atom is 0.157 e. The lowest BCUT2D eigenvalue weighted by molar-refractivity contribution is -0.166. The Morgan fingerprint density at radius 1 is 1.64 bits per heavy atom. The van der Waals surface area contributed by atoms with E-state index in [1.807, 2.05) is 6.92 Å². The van der Waals surface area contributed by atoms with Crippen LogP contribution in [0.25, 0.3) is 0 Å². The first-order valence-corrected chi connectivity index (χ1v) is 4.35. The Morgan fingerprint density at radius 3 is 3.00 bits per heavy atom. The van der Waals surface area contributed by atoms with Gasteiger partial charge in [-0.2, -0.15) is 0 Å². The van der Waals surface area contributed by atoms with Gasteiger partial charge in [-0.3, -0.25) is 0 Å². The molecule has 1 heterocycles. The van der Waals surface area contributed by atoms with Gasteiger partial charge >= 0.3 is 0 Å². The smallest absolute Gasteiger partial charge is 0.157 e. The Labute approximate surface area is 68.9 Å². The summed E-state index contributed by atoms with van der Waals surface area (Å²) in [6.07, 6.45) is 3.51. The van der Waals surface area contributed by atoms with E-state index in [9.17, 15) is 0 Å². The molecule has 11 heavy (non-hydrogen) atoms. The quantitative estimate of drug-likeness (QED) is 0.623. The van der Waals surface area contributed by atoms with Gasteiger partial charge in [-0.1, -0.05) is 6.92 Å². The van der Waals surface area contributed by atoms with Crippen LogP contribution in [-0.2, 0) is 9.47 Å². The predicted octanol–water partition coefficient (Wildman–Crippen LogP) is 2.00. The Bertz CT molecular complexity index is 95.7. The number of hydrogen-bond acceptors (Lipinski definition) is 2. The highest BCUT2D eigenvalue weighted by Gasteiger charge is 2.13. The first kappa shape index (κ1) is 9.01. The van der Waals surface area contributed by atoms with E-state index >= 15 is 0 Å². The molecule has 0 aromatic heterocycles. The third-order valence-electron chi connectivity index (χ3n) is 1.70. The lowest BCUT2D eigenvalue weighted by atomic mass is 10.2. The molecule has 1 rings (SSSR count). The third-order valence-corrected chi connectivity index (χ3v) is 1.70. The topological polar surface area (TPSA) is 18.5 Å². The fourth-order valence-corrected chi connectivity index (χ4v) is 1.11. The van der Waals surface area contributed by atoms with Crippen LogP contribution in [0.5, 0.6) is 0 Å². The lowest BCUT2D eigenvalue weighted by Gasteiger charge is -2.23. The van der Waals surface area contributed by atoms with Crippen LogP contribution in [0.1, 0.15) is 26.2 Å². The summed E-state index contributed by atoms with van der Waals surface area (Å²) >= 11 is 0. The fourth-order valence-electron chi connectivity index (χ4n) is 1.11. The molecular weight excluding hydrogens is 140 g/mol. The molecule has 0 spiro atoms. The van der Waals surface area contributed by atoms with Crippen LogP contribution in [0.2, 0.25) is 0 Å². The van der Waals surface area contributed by atoms with E-state index < -0.39 is 0 Å². The van der Waals surface area contributed by atoms with Gasteiger partial charge in [0.25, 0.3) is 0 Å². The van der Waals surface area contributed by atoms with E-state index in [1.54, 1.807) is 0 Å². The molecule has 0 aromatic carbocycles. The van der Waals surface area contributed by atoms with Crippen molar-refractivity contribution in [3.63, 3.8) is 0 Å². The molecule has 0 N–H and O–H groups in total. The van der Waals surface area contributed by atoms with E-state index in [1.165, 1.54) is 12.8 Å². The number of ether oxygens (including phenoxy) is 2. The normalized spacial score (nSPS) is 25.9. The van der Waals surface area contributed by atoms with Crippen molar-refractivity contribution in [2.24, 2.45) is 5.92 Å². The standard InChI is InChI=1S/C9H17O2/c1-8(2)7-11-9-5-3-4-6-10-9/h8-9H,1,3-7H2,2H3. The number of rotatable bonds is 3. The summed E-state index contributed by atoms with van der Waals surface area (Å²) in [4.78, 5) is 0. The summed E-state index contributed by atoms with van der Waals surface area (Å²) in [6, 6.07) is 0. The molecule has 1 fully saturated rings. The maximum atomic E-state index is 5.46. The Morgan fingerprint density at radius 2 is 2.45 bits per heavy atom. The zero-order chi connectivity index (χ0) is 8.10. The van der Waals surface area contributed by atoms with Gasteiger partial charge in [0, 0.05) is 6.61 Å². The summed E-state index contributed by atoms with van der Waals surface area (Å²) < 4.78 is 10.8. The monoisotopic (exact) mass is 157 g/mol. The molecule has 0 amide bonds. The van der Waals surface area contributed by atoms with Crippen molar-refractivity contribution in [2.75, 3.05) is 13.2 Å². The number of hydrogen-bond donors (Lipinski definition) is 0. The average molecular weight is 157 g/mol. The van der Waals surface area contributed by atoms with Gasteiger partial charge in [0.15, 0.2) is 6.29 Å². The molecule has 1 aliphatic rings. The van der Waals surface area contributed by atoms with Gasteiger partial charge in [0.05, 0.1) is 6.61 Å². The van der Waals surface area contributed by atoms with Crippen LogP contribution >= 0.6 is 0 Å². The summed E-state index contributed by atoms with van der Waals surface area (Å²) in [5, 5.41) is 0. The van der Waals surface area contributed by atoms with Crippen molar-refractivity contribution in [3.8, 4) is 0 Å². The van der Waals surface area contributed by atoms with Gasteiger partial charge in [0.2, 0.25) is 0 Å². The molecule has 0 aliphatic carbocycles. The van der Waals surface area contributed by atoms with Gasteiger partial charge < -0.3 is 9.47 Å². The Kier molecular flexibility index (Phi) is 3.87. The predicted molar refractivity (Wildman–Crippen MR) is 44.1 cm³/mol. The van der Waals surface area contributed by atoms with E-state index in [-0.39, 0.29) is 6.29 Å². The zero-order valence-corrected chi connectivity index (χ0v) is 7.21. The molecule has 0 aromatic rings. The first-order valence-electron chi connectivity index (χ1n) is 4.35. The third kappa shape index (κ3) is 3.73. The summed E-state index contributed by atoms with van der Waals surface area (Å²) in [5.74, 6) is 0.362.